The van der Waals surface area contributed by atoms with E-state index in [4.69, 9.17) is 4.43 Å². The van der Waals surface area contributed by atoms with Crippen molar-refractivity contribution in [3.8, 4) is 0 Å². The van der Waals surface area contributed by atoms with Crippen LogP contribution < -0.4 is 0 Å². The van der Waals surface area contributed by atoms with Crippen molar-refractivity contribution in [2.45, 2.75) is 142 Å². The van der Waals surface area contributed by atoms with Crippen LogP contribution in [0.3, 0.4) is 0 Å². The topological polar surface area (TPSA) is 26.3 Å². The summed E-state index contributed by atoms with van der Waals surface area (Å²) in [5.41, 5.74) is 1.27. The second-order valence-electron chi connectivity index (χ2n) is 10.6. The lowest BCUT2D eigenvalue weighted by Crippen LogP contribution is -2.36. The summed E-state index contributed by atoms with van der Waals surface area (Å²) in [5, 5.41) is 0. The number of unbranched alkanes of at least 4 members (excludes halogenated alkanes) is 15. The predicted molar refractivity (Wildman–Crippen MR) is 152 cm³/mol. The van der Waals surface area contributed by atoms with E-state index in [0.29, 0.717) is 6.42 Å². The summed E-state index contributed by atoms with van der Waals surface area (Å²) in [6.45, 7) is 6.57. The lowest BCUT2D eigenvalue weighted by atomic mass is 10.1. The summed E-state index contributed by atoms with van der Waals surface area (Å²) in [6.07, 6.45) is 27.8. The van der Waals surface area contributed by atoms with E-state index in [2.05, 4.69) is 56.4 Å². The molecule has 3 heteroatoms. The first-order valence-electron chi connectivity index (χ1n) is 14.4. The fourth-order valence-electron chi connectivity index (χ4n) is 4.53. The van der Waals surface area contributed by atoms with Crippen LogP contribution >= 0.6 is 0 Å². The first-order valence-corrected chi connectivity index (χ1v) is 17.6. The summed E-state index contributed by atoms with van der Waals surface area (Å²) in [4.78, 5) is 12.2. The molecule has 0 saturated carbocycles. The van der Waals surface area contributed by atoms with Crippen molar-refractivity contribution in [2.24, 2.45) is 0 Å². The van der Waals surface area contributed by atoms with Gasteiger partial charge in [-0.05, 0) is 50.8 Å². The maximum absolute atomic E-state index is 12.2. The highest BCUT2D eigenvalue weighted by molar-refractivity contribution is 6.72. The molecule has 0 saturated heterocycles. The van der Waals surface area contributed by atoms with Crippen LogP contribution in [-0.2, 0) is 15.3 Å². The van der Waals surface area contributed by atoms with Crippen molar-refractivity contribution in [3.05, 3.63) is 48.0 Å². The van der Waals surface area contributed by atoms with E-state index in [9.17, 15) is 4.79 Å². The Hall–Kier alpha value is -1.35. The molecule has 0 amide bonds. The van der Waals surface area contributed by atoms with E-state index in [-0.39, 0.29) is 5.97 Å². The molecule has 0 atom stereocenters. The van der Waals surface area contributed by atoms with Gasteiger partial charge in [0.05, 0.1) is 0 Å². The highest BCUT2D eigenvalue weighted by Crippen LogP contribution is 2.16. The lowest BCUT2D eigenvalue weighted by Gasteiger charge is -2.23. The van der Waals surface area contributed by atoms with Gasteiger partial charge in [0.25, 0.3) is 14.3 Å². The number of allylic oxidation sites excluding steroid dienone is 2. The van der Waals surface area contributed by atoms with Crippen LogP contribution in [0.2, 0.25) is 13.1 Å². The third-order valence-corrected chi connectivity index (χ3v) is 8.55. The zero-order valence-electron chi connectivity index (χ0n) is 22.8. The van der Waals surface area contributed by atoms with Crippen LogP contribution in [0.4, 0.5) is 0 Å². The van der Waals surface area contributed by atoms with E-state index in [0.717, 1.165) is 18.9 Å². The first-order chi connectivity index (χ1) is 16.5. The molecule has 0 N–H and O–H groups in total. The molecule has 1 rings (SSSR count). The fourth-order valence-corrected chi connectivity index (χ4v) is 6.54. The molecule has 0 aromatic heterocycles. The normalized spacial score (nSPS) is 11.9. The number of benzene rings is 1. The van der Waals surface area contributed by atoms with Gasteiger partial charge in [-0.3, -0.25) is 4.79 Å². The minimum atomic E-state index is -1.98. The molecule has 1 aromatic carbocycles. The molecule has 0 aliphatic rings. The van der Waals surface area contributed by atoms with Gasteiger partial charge in [0.2, 0.25) is 0 Å². The molecule has 194 valence electrons. The van der Waals surface area contributed by atoms with Gasteiger partial charge in [-0.15, -0.1) is 0 Å². The third-order valence-electron chi connectivity index (χ3n) is 6.51. The van der Waals surface area contributed by atoms with Gasteiger partial charge < -0.3 is 4.43 Å². The van der Waals surface area contributed by atoms with Crippen molar-refractivity contribution in [3.63, 3.8) is 0 Å². The maximum Gasteiger partial charge on any atom is 0.292 e. The first kappa shape index (κ1) is 30.7. The van der Waals surface area contributed by atoms with Crippen LogP contribution in [0.15, 0.2) is 42.5 Å². The van der Waals surface area contributed by atoms with Crippen molar-refractivity contribution in [2.75, 3.05) is 0 Å². The summed E-state index contributed by atoms with van der Waals surface area (Å²) < 4.78 is 5.87. The summed E-state index contributed by atoms with van der Waals surface area (Å²) in [7, 11) is -1.98. The molecule has 34 heavy (non-hydrogen) atoms. The predicted octanol–water partition coefficient (Wildman–Crippen LogP) is 10.1. The summed E-state index contributed by atoms with van der Waals surface area (Å²) in [5.74, 6) is 0.00798. The number of carbonyl (C=O) groups is 1. The Bertz CT molecular complexity index is 624. The molecule has 0 aliphatic heterocycles. The Labute approximate surface area is 213 Å². The Balaban J connectivity index is 1.86. The summed E-state index contributed by atoms with van der Waals surface area (Å²) in [6, 6.07) is 11.3. The second-order valence-corrected chi connectivity index (χ2v) is 14.7. The van der Waals surface area contributed by atoms with E-state index in [1.165, 1.54) is 102 Å². The largest absolute Gasteiger partial charge is 0.519 e. The van der Waals surface area contributed by atoms with E-state index in [1.807, 2.05) is 6.07 Å². The fraction of sp³-hybridized carbons (Fsp3) is 0.710. The lowest BCUT2D eigenvalue weighted by molar-refractivity contribution is -0.135. The Kier molecular flexibility index (Phi) is 18.9. The van der Waals surface area contributed by atoms with Crippen LogP contribution in [0, 0.1) is 0 Å². The van der Waals surface area contributed by atoms with E-state index in [1.54, 1.807) is 0 Å². The van der Waals surface area contributed by atoms with Crippen molar-refractivity contribution < 1.29 is 9.22 Å². The highest BCUT2D eigenvalue weighted by atomic mass is 28.4. The molecule has 0 radical (unpaired) electrons. The molecule has 1 aromatic rings. The van der Waals surface area contributed by atoms with Crippen LogP contribution in [0.1, 0.15) is 128 Å². The molecule has 2 nitrogen and oxygen atoms in total. The van der Waals surface area contributed by atoms with Gasteiger partial charge in [-0.2, -0.15) is 0 Å². The quantitative estimate of drug-likeness (QED) is 0.0925. The standard InChI is InChI=1S/C31H54O2Si/c1-4-5-6-7-8-9-10-11-12-13-14-15-16-17-18-19-20-21-25-28-31(32)33-34(2,3)29-30-26-23-22-24-27-30/h11-12,22-24,26-27H,4-10,13-21,25,28-29H2,1-3H3/b12-11+. The molecule has 0 unspecified atom stereocenters. The maximum atomic E-state index is 12.2. The van der Waals surface area contributed by atoms with E-state index >= 15 is 0 Å². The number of hydrogen-bond acceptors (Lipinski definition) is 2. The van der Waals surface area contributed by atoms with Crippen LogP contribution in [-0.4, -0.2) is 14.3 Å². The average molecular weight is 487 g/mol. The number of hydrogen-bond donors (Lipinski definition) is 0. The Morgan fingerprint density at radius 1 is 0.706 bits per heavy atom. The zero-order chi connectivity index (χ0) is 24.7. The second kappa shape index (κ2) is 21.0. The zero-order valence-corrected chi connectivity index (χ0v) is 23.8. The van der Waals surface area contributed by atoms with Crippen molar-refractivity contribution in [1.29, 1.82) is 0 Å². The highest BCUT2D eigenvalue weighted by Gasteiger charge is 2.27. The van der Waals surface area contributed by atoms with Crippen molar-refractivity contribution in [1.82, 2.24) is 0 Å². The minimum absolute atomic E-state index is 0.00798. The van der Waals surface area contributed by atoms with Gasteiger partial charge in [-0.1, -0.05) is 126 Å². The van der Waals surface area contributed by atoms with Crippen LogP contribution in [0.25, 0.3) is 0 Å². The van der Waals surface area contributed by atoms with E-state index < -0.39 is 8.32 Å². The third kappa shape index (κ3) is 19.0. The monoisotopic (exact) mass is 486 g/mol. The average Bonchev–Trinajstić information content (AvgIpc) is 2.80. The Morgan fingerprint density at radius 3 is 1.71 bits per heavy atom. The number of carbonyl (C=O) groups excluding carboxylic acids is 1. The smallest absolute Gasteiger partial charge is 0.292 e. The molecule has 0 fully saturated rings. The van der Waals surface area contributed by atoms with Gasteiger partial charge >= 0.3 is 0 Å². The summed E-state index contributed by atoms with van der Waals surface area (Å²) >= 11 is 0. The van der Waals surface area contributed by atoms with Gasteiger partial charge in [0.15, 0.2) is 0 Å². The van der Waals surface area contributed by atoms with Gasteiger partial charge in [-0.25, -0.2) is 0 Å². The van der Waals surface area contributed by atoms with Crippen LogP contribution in [0.5, 0.6) is 0 Å². The number of rotatable bonds is 22. The molecule has 0 heterocycles. The minimum Gasteiger partial charge on any atom is -0.519 e. The van der Waals surface area contributed by atoms with Gasteiger partial charge in [0, 0.05) is 12.5 Å². The Morgan fingerprint density at radius 2 is 1.18 bits per heavy atom. The SMILES string of the molecule is CCCCCCCC/C=C/CCCCCCCCCCCC(=O)O[Si](C)(C)Cc1ccccc1. The van der Waals surface area contributed by atoms with Gasteiger partial charge in [0.1, 0.15) is 0 Å². The molecular formula is C31H54O2Si. The molecule has 0 bridgehead atoms. The molecular weight excluding hydrogens is 432 g/mol. The van der Waals surface area contributed by atoms with Crippen molar-refractivity contribution >= 4 is 14.3 Å². The molecule has 0 spiro atoms. The molecule has 0 aliphatic carbocycles.